The number of hydrogen-bond donors (Lipinski definition) is 1. The first kappa shape index (κ1) is 4.70. The molecule has 0 aliphatic carbocycles. The first-order chi connectivity index (χ1) is 1.73. The monoisotopic (exact) mass is 227 g/mol. The Hall–Kier alpha value is 0.700. The van der Waals surface area contributed by atoms with Crippen molar-refractivity contribution >= 4 is 0 Å². The van der Waals surface area contributed by atoms with Crippen LogP contribution < -0.4 is 4.14 Å². The van der Waals surface area contributed by atoms with Crippen LogP contribution in [-0.4, -0.2) is 0 Å². The van der Waals surface area contributed by atoms with E-state index in [0.29, 0.717) is 0 Å². The Morgan fingerprint density at radius 3 is 1.50 bits per heavy atom. The standard InChI is InChI=1S/2CH3.H2N.Ta/h2*1H3;1H2;/q;;-1;+1. The van der Waals surface area contributed by atoms with Crippen molar-refractivity contribution < 1.29 is 18.7 Å². The van der Waals surface area contributed by atoms with Crippen LogP contribution in [0.15, 0.2) is 0 Å². The van der Waals surface area contributed by atoms with E-state index < -0.39 is 18.7 Å². The third-order valence-electron chi connectivity index (χ3n) is 0. The van der Waals surface area contributed by atoms with E-state index in [1.54, 1.807) is 0 Å². The van der Waals surface area contributed by atoms with Crippen molar-refractivity contribution in [2.45, 2.75) is 10.3 Å². The predicted octanol–water partition coefficient (Wildman–Crippen LogP) is 0.575. The SMILES string of the molecule is [CH3][Ta]([CH3])[NH2]. The van der Waals surface area contributed by atoms with E-state index in [0.717, 1.165) is 0 Å². The summed E-state index contributed by atoms with van der Waals surface area (Å²) in [5, 5.41) is 4.30. The molecule has 0 bridgehead atoms. The van der Waals surface area contributed by atoms with Gasteiger partial charge in [0.15, 0.2) is 0 Å². The molecule has 0 aliphatic heterocycles. The molecule has 0 radical (unpaired) electrons. The Kier molecular flexibility index (Phi) is 2.32. The van der Waals surface area contributed by atoms with Gasteiger partial charge in [0.2, 0.25) is 0 Å². The average Bonchev–Trinajstić information content (AvgIpc) is 0.811. The van der Waals surface area contributed by atoms with E-state index >= 15 is 0 Å². The van der Waals surface area contributed by atoms with Gasteiger partial charge in [0.05, 0.1) is 0 Å². The number of nitrogens with two attached hydrogens (primary N) is 1. The molecule has 0 amide bonds. The van der Waals surface area contributed by atoms with Crippen LogP contribution in [0.5, 0.6) is 0 Å². The molecule has 0 atom stereocenters. The summed E-state index contributed by atoms with van der Waals surface area (Å²) in [7, 11) is 0. The van der Waals surface area contributed by atoms with Crippen LogP contribution in [0.3, 0.4) is 0 Å². The van der Waals surface area contributed by atoms with Crippen LogP contribution >= 0.6 is 0 Å². The van der Waals surface area contributed by atoms with Gasteiger partial charge in [0, 0.05) is 0 Å². The van der Waals surface area contributed by atoms with Crippen LogP contribution in [0.1, 0.15) is 0 Å². The van der Waals surface area contributed by atoms with Gasteiger partial charge in [-0.1, -0.05) is 0 Å². The molecule has 0 aromatic rings. The van der Waals surface area contributed by atoms with E-state index in [4.69, 9.17) is 4.14 Å². The average molecular weight is 227 g/mol. The van der Waals surface area contributed by atoms with Gasteiger partial charge in [-0.3, -0.25) is 0 Å². The molecule has 0 aromatic carbocycles. The van der Waals surface area contributed by atoms with Crippen molar-refractivity contribution in [1.82, 2.24) is 0 Å². The normalized spacial score (nSPS) is 9.00. The van der Waals surface area contributed by atoms with Crippen molar-refractivity contribution in [1.29, 1.82) is 0 Å². The molecule has 0 saturated carbocycles. The molecule has 0 unspecified atom stereocenters. The molecule has 2 N–H and O–H groups in total. The fourth-order valence-corrected chi connectivity index (χ4v) is 0. The Morgan fingerprint density at radius 2 is 1.50 bits per heavy atom. The molecule has 0 fully saturated rings. The summed E-state index contributed by atoms with van der Waals surface area (Å²) < 4.78 is 5.31. The van der Waals surface area contributed by atoms with E-state index in [1.807, 2.05) is 0 Å². The summed E-state index contributed by atoms with van der Waals surface area (Å²) in [4.78, 5) is 0. The fraction of sp³-hybridized carbons (Fsp3) is 1.00. The van der Waals surface area contributed by atoms with E-state index in [-0.39, 0.29) is 0 Å². The molecule has 0 saturated heterocycles. The summed E-state index contributed by atoms with van der Waals surface area (Å²) in [5.74, 6) is 0. The van der Waals surface area contributed by atoms with Crippen molar-refractivity contribution in [3.8, 4) is 0 Å². The Bertz CT molecular complexity index is 10.8. The number of rotatable bonds is 0. The van der Waals surface area contributed by atoms with Gasteiger partial charge >= 0.3 is 33.1 Å². The van der Waals surface area contributed by atoms with Gasteiger partial charge in [-0.2, -0.15) is 0 Å². The summed E-state index contributed by atoms with van der Waals surface area (Å²) in [6.45, 7) is 0. The van der Waals surface area contributed by atoms with Crippen molar-refractivity contribution in [2.24, 2.45) is 4.14 Å². The second-order valence-electron chi connectivity index (χ2n) is 0.964. The maximum absolute atomic E-state index is 5.31. The van der Waals surface area contributed by atoms with Crippen LogP contribution in [0, 0.1) is 0 Å². The first-order valence-electron chi connectivity index (χ1n) is 1.15. The third-order valence-corrected chi connectivity index (χ3v) is 0. The molecule has 0 spiro atoms. The second-order valence-corrected chi connectivity index (χ2v) is 7.89. The van der Waals surface area contributed by atoms with Crippen molar-refractivity contribution in [3.63, 3.8) is 0 Å². The zero-order chi connectivity index (χ0) is 3.58. The molecular formula is C2H8NTa. The summed E-state index contributed by atoms with van der Waals surface area (Å²) in [6, 6.07) is 0. The van der Waals surface area contributed by atoms with Crippen LogP contribution in [0.2, 0.25) is 10.3 Å². The molecule has 0 aliphatic rings. The van der Waals surface area contributed by atoms with Gasteiger partial charge in [0.1, 0.15) is 0 Å². The van der Waals surface area contributed by atoms with Crippen LogP contribution in [0.4, 0.5) is 0 Å². The molecule has 0 heterocycles. The van der Waals surface area contributed by atoms with Crippen molar-refractivity contribution in [2.75, 3.05) is 0 Å². The van der Waals surface area contributed by atoms with E-state index in [2.05, 4.69) is 10.3 Å². The van der Waals surface area contributed by atoms with Gasteiger partial charge in [-0.05, 0) is 0 Å². The Morgan fingerprint density at radius 1 is 1.50 bits per heavy atom. The molecule has 0 aromatic heterocycles. The first-order valence-corrected chi connectivity index (χ1v) is 9.43. The van der Waals surface area contributed by atoms with Gasteiger partial charge in [-0.15, -0.1) is 0 Å². The van der Waals surface area contributed by atoms with Crippen LogP contribution in [0.25, 0.3) is 0 Å². The Labute approximate surface area is 33.6 Å². The molecule has 1 nitrogen and oxygen atoms in total. The topological polar surface area (TPSA) is 26.0 Å². The molecule has 2 heteroatoms. The quantitative estimate of drug-likeness (QED) is 0.643. The Balaban J connectivity index is 2.32. The minimum atomic E-state index is -1.09. The maximum atomic E-state index is 5.31. The summed E-state index contributed by atoms with van der Waals surface area (Å²) in [5.41, 5.74) is 0. The molecule has 26 valence electrons. The summed E-state index contributed by atoms with van der Waals surface area (Å²) in [6.07, 6.45) is 0. The molecule has 4 heavy (non-hydrogen) atoms. The zero-order valence-corrected chi connectivity index (χ0v) is 6.24. The fourth-order valence-electron chi connectivity index (χ4n) is 0. The second kappa shape index (κ2) is 1.97. The minimum absolute atomic E-state index is 1.09. The zero-order valence-electron chi connectivity index (χ0n) is 3.02. The van der Waals surface area contributed by atoms with E-state index in [9.17, 15) is 0 Å². The van der Waals surface area contributed by atoms with Gasteiger partial charge in [-0.25, -0.2) is 0 Å². The molecule has 0 rings (SSSR count). The van der Waals surface area contributed by atoms with E-state index in [1.165, 1.54) is 0 Å². The van der Waals surface area contributed by atoms with Gasteiger partial charge < -0.3 is 0 Å². The van der Waals surface area contributed by atoms with Crippen molar-refractivity contribution in [3.05, 3.63) is 0 Å². The predicted molar refractivity (Wildman–Crippen MR) is 15.9 cm³/mol. The molecular weight excluding hydrogens is 219 g/mol. The van der Waals surface area contributed by atoms with Gasteiger partial charge in [0.25, 0.3) is 0 Å². The summed E-state index contributed by atoms with van der Waals surface area (Å²) >= 11 is -1.09. The third kappa shape index (κ3) is 15.9. The van der Waals surface area contributed by atoms with Crippen LogP contribution in [-0.2, 0) is 18.7 Å². The number of hydrogen-bond acceptors (Lipinski definition) is 1.